The minimum atomic E-state index is 0.0461. The average molecular weight is 453 g/mol. The van der Waals surface area contributed by atoms with E-state index in [1.54, 1.807) is 12.5 Å². The monoisotopic (exact) mass is 452 g/mol. The number of benzene rings is 1. The van der Waals surface area contributed by atoms with Crippen molar-refractivity contribution in [1.29, 1.82) is 0 Å². The Morgan fingerprint density at radius 3 is 2.75 bits per heavy atom. The lowest BCUT2D eigenvalue weighted by atomic mass is 9.98. The van der Waals surface area contributed by atoms with Gasteiger partial charge in [0.25, 0.3) is 0 Å². The molecule has 32 heavy (non-hydrogen) atoms. The van der Waals surface area contributed by atoms with Gasteiger partial charge in [-0.2, -0.15) is 4.98 Å². The fourth-order valence-corrected chi connectivity index (χ4v) is 4.10. The summed E-state index contributed by atoms with van der Waals surface area (Å²) >= 11 is 5.94. The van der Waals surface area contributed by atoms with Crippen molar-refractivity contribution in [3.8, 4) is 5.95 Å². The number of anilines is 1. The Hall–Kier alpha value is -2.93. The van der Waals surface area contributed by atoms with E-state index in [1.807, 2.05) is 35.0 Å². The van der Waals surface area contributed by atoms with Crippen molar-refractivity contribution in [3.63, 3.8) is 0 Å². The van der Waals surface area contributed by atoms with Gasteiger partial charge in [-0.15, -0.1) is 0 Å². The molecule has 1 atom stereocenters. The summed E-state index contributed by atoms with van der Waals surface area (Å²) in [6, 6.07) is 9.72. The zero-order valence-electron chi connectivity index (χ0n) is 18.5. The van der Waals surface area contributed by atoms with Gasteiger partial charge in [0.1, 0.15) is 12.1 Å². The number of halogens is 1. The third-order valence-electron chi connectivity index (χ3n) is 5.79. The number of hydrogen-bond acceptors (Lipinski definition) is 5. The van der Waals surface area contributed by atoms with E-state index >= 15 is 0 Å². The molecule has 0 saturated carbocycles. The van der Waals surface area contributed by atoms with Crippen LogP contribution in [0.15, 0.2) is 49.1 Å². The Balaban J connectivity index is 1.50. The number of piperidine rings is 1. The molecule has 8 heteroatoms. The number of nitrogens with zero attached hydrogens (tertiary/aromatic N) is 5. The highest BCUT2D eigenvalue weighted by Crippen LogP contribution is 2.28. The van der Waals surface area contributed by atoms with Gasteiger partial charge in [0, 0.05) is 49.0 Å². The van der Waals surface area contributed by atoms with Gasteiger partial charge in [0.15, 0.2) is 0 Å². The summed E-state index contributed by atoms with van der Waals surface area (Å²) in [5.74, 6) is 1.80. The predicted octanol–water partition coefficient (Wildman–Crippen LogP) is 4.50. The zero-order chi connectivity index (χ0) is 22.5. The topological polar surface area (TPSA) is 75.9 Å². The van der Waals surface area contributed by atoms with E-state index < -0.39 is 0 Å². The molecule has 3 aromatic rings. The minimum Gasteiger partial charge on any atom is -0.353 e. The molecule has 1 N–H and O–H groups in total. The Bertz CT molecular complexity index is 1040. The number of imidazole rings is 1. The van der Waals surface area contributed by atoms with Crippen LogP contribution in [0.25, 0.3) is 5.95 Å². The molecular weight excluding hydrogens is 424 g/mol. The first kappa shape index (κ1) is 22.3. The summed E-state index contributed by atoms with van der Waals surface area (Å²) in [6.07, 6.45) is 8.89. The van der Waals surface area contributed by atoms with Gasteiger partial charge in [-0.3, -0.25) is 9.36 Å². The van der Waals surface area contributed by atoms with E-state index in [9.17, 15) is 4.79 Å². The second-order valence-corrected chi connectivity index (χ2v) is 8.96. The molecule has 0 aliphatic carbocycles. The highest BCUT2D eigenvalue weighted by molar-refractivity contribution is 6.30. The van der Waals surface area contributed by atoms with E-state index in [2.05, 4.69) is 35.1 Å². The van der Waals surface area contributed by atoms with E-state index in [1.165, 1.54) is 0 Å². The maximum atomic E-state index is 12.7. The van der Waals surface area contributed by atoms with Gasteiger partial charge < -0.3 is 10.2 Å². The summed E-state index contributed by atoms with van der Waals surface area (Å²) < 4.78 is 1.83. The lowest BCUT2D eigenvalue weighted by molar-refractivity contribution is -0.121. The van der Waals surface area contributed by atoms with Crippen molar-refractivity contribution in [2.45, 2.75) is 58.0 Å². The van der Waals surface area contributed by atoms with Crippen molar-refractivity contribution in [2.24, 2.45) is 0 Å². The molecule has 1 fully saturated rings. The zero-order valence-corrected chi connectivity index (χ0v) is 19.3. The van der Waals surface area contributed by atoms with E-state index in [0.29, 0.717) is 23.9 Å². The maximum absolute atomic E-state index is 12.7. The number of aromatic nitrogens is 4. The van der Waals surface area contributed by atoms with Gasteiger partial charge in [0.05, 0.1) is 5.69 Å². The fourth-order valence-electron chi connectivity index (χ4n) is 3.98. The second-order valence-electron chi connectivity index (χ2n) is 8.53. The maximum Gasteiger partial charge on any atom is 0.237 e. The summed E-state index contributed by atoms with van der Waals surface area (Å²) in [4.78, 5) is 28.7. The Morgan fingerprint density at radius 1 is 1.22 bits per heavy atom. The number of amides is 1. The number of hydrogen-bond donors (Lipinski definition) is 1. The standard InChI is InChI=1S/C24H29ClN6O/c1-17(2)21-14-22(29-24(28-21)30-12-10-26-16-30)31-11-4-3-5-20(31)13-23(32)27-15-18-6-8-19(25)9-7-18/h6-10,12,14,16-17,20H,3-5,11,13,15H2,1-2H3,(H,27,32). The third-order valence-corrected chi connectivity index (χ3v) is 6.04. The Kier molecular flexibility index (Phi) is 7.05. The fraction of sp³-hybridized carbons (Fsp3) is 0.417. The predicted molar refractivity (Wildman–Crippen MR) is 126 cm³/mol. The van der Waals surface area contributed by atoms with Crippen LogP contribution in [0.4, 0.5) is 5.82 Å². The summed E-state index contributed by atoms with van der Waals surface area (Å²) in [5, 5.41) is 3.74. The van der Waals surface area contributed by atoms with Crippen LogP contribution in [0.3, 0.4) is 0 Å². The third kappa shape index (κ3) is 5.46. The quantitative estimate of drug-likeness (QED) is 0.571. The molecule has 1 aliphatic heterocycles. The molecule has 3 heterocycles. The molecule has 1 saturated heterocycles. The number of rotatable bonds is 7. The highest BCUT2D eigenvalue weighted by Gasteiger charge is 2.27. The van der Waals surface area contributed by atoms with Gasteiger partial charge in [0.2, 0.25) is 11.9 Å². The van der Waals surface area contributed by atoms with E-state index in [0.717, 1.165) is 42.9 Å². The first-order chi connectivity index (χ1) is 15.5. The van der Waals surface area contributed by atoms with Crippen LogP contribution in [0.5, 0.6) is 0 Å². The average Bonchev–Trinajstić information content (AvgIpc) is 3.34. The van der Waals surface area contributed by atoms with Gasteiger partial charge in [-0.05, 0) is 42.9 Å². The van der Waals surface area contributed by atoms with Crippen LogP contribution in [-0.4, -0.2) is 38.0 Å². The number of nitrogens with one attached hydrogen (secondary N) is 1. The van der Waals surface area contributed by atoms with Crippen LogP contribution in [-0.2, 0) is 11.3 Å². The first-order valence-corrected chi connectivity index (χ1v) is 11.5. The minimum absolute atomic E-state index is 0.0461. The van der Waals surface area contributed by atoms with Gasteiger partial charge >= 0.3 is 0 Å². The van der Waals surface area contributed by atoms with Crippen molar-refractivity contribution in [2.75, 3.05) is 11.4 Å². The molecule has 1 unspecified atom stereocenters. The second kappa shape index (κ2) is 10.1. The van der Waals surface area contributed by atoms with E-state index in [4.69, 9.17) is 21.6 Å². The molecule has 0 bridgehead atoms. The van der Waals surface area contributed by atoms with Crippen LogP contribution >= 0.6 is 11.6 Å². The van der Waals surface area contributed by atoms with Gasteiger partial charge in [-0.1, -0.05) is 37.6 Å². The Morgan fingerprint density at radius 2 is 2.03 bits per heavy atom. The molecule has 168 valence electrons. The smallest absolute Gasteiger partial charge is 0.237 e. The van der Waals surface area contributed by atoms with E-state index in [-0.39, 0.29) is 17.9 Å². The molecule has 1 aromatic carbocycles. The van der Waals surface area contributed by atoms with Crippen LogP contribution in [0.1, 0.15) is 56.7 Å². The molecule has 0 radical (unpaired) electrons. The molecule has 7 nitrogen and oxygen atoms in total. The summed E-state index contributed by atoms with van der Waals surface area (Å²) in [5.41, 5.74) is 2.01. The largest absolute Gasteiger partial charge is 0.353 e. The SMILES string of the molecule is CC(C)c1cc(N2CCCCC2CC(=O)NCc2ccc(Cl)cc2)nc(-n2ccnc2)n1. The normalized spacial score (nSPS) is 16.4. The number of carbonyl (C=O) groups is 1. The Labute approximate surface area is 193 Å². The first-order valence-electron chi connectivity index (χ1n) is 11.1. The molecule has 0 spiro atoms. The van der Waals surface area contributed by atoms with Gasteiger partial charge in [-0.25, -0.2) is 9.97 Å². The van der Waals surface area contributed by atoms with Crippen LogP contribution in [0, 0.1) is 0 Å². The molecule has 1 aliphatic rings. The summed E-state index contributed by atoms with van der Waals surface area (Å²) in [7, 11) is 0. The molecule has 1 amide bonds. The van der Waals surface area contributed by atoms with Crippen molar-refractivity contribution in [1.82, 2.24) is 24.8 Å². The molecule has 4 rings (SSSR count). The lowest BCUT2D eigenvalue weighted by Crippen LogP contribution is -2.43. The lowest BCUT2D eigenvalue weighted by Gasteiger charge is -2.36. The van der Waals surface area contributed by atoms with Crippen molar-refractivity contribution < 1.29 is 4.79 Å². The number of carbonyl (C=O) groups excluding carboxylic acids is 1. The van der Waals surface area contributed by atoms with Crippen molar-refractivity contribution >= 4 is 23.3 Å². The van der Waals surface area contributed by atoms with Crippen LogP contribution < -0.4 is 10.2 Å². The summed E-state index contributed by atoms with van der Waals surface area (Å²) in [6.45, 7) is 5.63. The van der Waals surface area contributed by atoms with Crippen molar-refractivity contribution in [3.05, 3.63) is 65.3 Å². The molecule has 2 aromatic heterocycles. The van der Waals surface area contributed by atoms with Crippen LogP contribution in [0.2, 0.25) is 5.02 Å². The molecular formula is C24H29ClN6O. The highest BCUT2D eigenvalue weighted by atomic mass is 35.5.